The lowest BCUT2D eigenvalue weighted by atomic mass is 9.66. The van der Waals surface area contributed by atoms with Gasteiger partial charge in [0.1, 0.15) is 11.8 Å². The number of carbonyl (C=O) groups is 3. The molecule has 2 rings (SSSR count). The van der Waals surface area contributed by atoms with Crippen LogP contribution in [0.25, 0.3) is 0 Å². The predicted molar refractivity (Wildman–Crippen MR) is 118 cm³/mol. The van der Waals surface area contributed by atoms with Crippen molar-refractivity contribution < 1.29 is 19.1 Å². The van der Waals surface area contributed by atoms with E-state index in [1.54, 1.807) is 4.90 Å². The molecule has 0 N–H and O–H groups in total. The summed E-state index contributed by atoms with van der Waals surface area (Å²) in [5, 5.41) is 0. The first-order chi connectivity index (χ1) is 13.9. The first-order valence-corrected chi connectivity index (χ1v) is 11.4. The van der Waals surface area contributed by atoms with Gasteiger partial charge in [0.05, 0.1) is 6.10 Å². The SMILES string of the molecule is CC(C)C/C(=N\C=O)C(=O)N1CCCC1C(=O)OC(C)CC1CCC(C)(C)C1(C)C. The van der Waals surface area contributed by atoms with Crippen LogP contribution in [0.2, 0.25) is 0 Å². The van der Waals surface area contributed by atoms with Crippen LogP contribution in [0.3, 0.4) is 0 Å². The minimum Gasteiger partial charge on any atom is -0.461 e. The second-order valence-corrected chi connectivity index (χ2v) is 10.8. The molecule has 0 aromatic carbocycles. The van der Waals surface area contributed by atoms with Crippen LogP contribution >= 0.6 is 0 Å². The molecule has 1 aliphatic heterocycles. The van der Waals surface area contributed by atoms with Crippen molar-refractivity contribution in [3.63, 3.8) is 0 Å². The van der Waals surface area contributed by atoms with Crippen molar-refractivity contribution in [2.24, 2.45) is 27.7 Å². The van der Waals surface area contributed by atoms with Gasteiger partial charge in [-0.3, -0.25) is 9.59 Å². The highest BCUT2D eigenvalue weighted by molar-refractivity contribution is 6.40. The van der Waals surface area contributed by atoms with Gasteiger partial charge in [-0.15, -0.1) is 0 Å². The molecule has 1 saturated carbocycles. The molecule has 2 amide bonds. The van der Waals surface area contributed by atoms with Crippen molar-refractivity contribution in [3.05, 3.63) is 0 Å². The van der Waals surface area contributed by atoms with E-state index in [-0.39, 0.29) is 40.4 Å². The molecule has 30 heavy (non-hydrogen) atoms. The molecule has 3 unspecified atom stereocenters. The number of amides is 2. The fourth-order valence-electron chi connectivity index (χ4n) is 4.97. The topological polar surface area (TPSA) is 76.0 Å². The Balaban J connectivity index is 2.01. The molecule has 0 spiro atoms. The van der Waals surface area contributed by atoms with Gasteiger partial charge in [0, 0.05) is 6.54 Å². The van der Waals surface area contributed by atoms with Gasteiger partial charge in [0.25, 0.3) is 5.91 Å². The average molecular weight is 421 g/mol. The first-order valence-electron chi connectivity index (χ1n) is 11.4. The Labute approximate surface area is 181 Å². The number of hydrogen-bond acceptors (Lipinski definition) is 4. The third kappa shape index (κ3) is 5.30. The van der Waals surface area contributed by atoms with Gasteiger partial charge >= 0.3 is 5.97 Å². The van der Waals surface area contributed by atoms with Gasteiger partial charge in [-0.1, -0.05) is 41.5 Å². The monoisotopic (exact) mass is 420 g/mol. The van der Waals surface area contributed by atoms with Crippen LogP contribution < -0.4 is 0 Å². The summed E-state index contributed by atoms with van der Waals surface area (Å²) in [4.78, 5) is 42.0. The van der Waals surface area contributed by atoms with Crippen molar-refractivity contribution in [1.29, 1.82) is 0 Å². The van der Waals surface area contributed by atoms with Crippen LogP contribution in [0, 0.1) is 22.7 Å². The largest absolute Gasteiger partial charge is 0.461 e. The van der Waals surface area contributed by atoms with E-state index < -0.39 is 6.04 Å². The minimum atomic E-state index is -0.586. The van der Waals surface area contributed by atoms with Crippen LogP contribution in [0.5, 0.6) is 0 Å². The van der Waals surface area contributed by atoms with Crippen molar-refractivity contribution >= 4 is 24.0 Å². The molecule has 3 atom stereocenters. The lowest BCUT2D eigenvalue weighted by Gasteiger charge is -2.40. The Hall–Kier alpha value is -1.72. The predicted octanol–water partition coefficient (Wildman–Crippen LogP) is 4.41. The summed E-state index contributed by atoms with van der Waals surface area (Å²) in [7, 11) is 0. The number of nitrogens with zero attached hydrogens (tertiary/aromatic N) is 2. The molecule has 6 heteroatoms. The Bertz CT molecular complexity index is 681. The zero-order valence-corrected chi connectivity index (χ0v) is 19.9. The molecule has 0 aromatic rings. The van der Waals surface area contributed by atoms with Gasteiger partial charge in [-0.05, 0) is 68.1 Å². The maximum absolute atomic E-state index is 12.9. The zero-order valence-electron chi connectivity index (χ0n) is 19.9. The Morgan fingerprint density at radius 2 is 1.83 bits per heavy atom. The van der Waals surface area contributed by atoms with E-state index in [1.807, 2.05) is 20.8 Å². The molecule has 170 valence electrons. The van der Waals surface area contributed by atoms with Crippen LogP contribution in [0.1, 0.15) is 87.0 Å². The van der Waals surface area contributed by atoms with Gasteiger partial charge in [0.15, 0.2) is 0 Å². The molecule has 1 saturated heterocycles. The smallest absolute Gasteiger partial charge is 0.329 e. The van der Waals surface area contributed by atoms with E-state index in [4.69, 9.17) is 4.74 Å². The van der Waals surface area contributed by atoms with Crippen molar-refractivity contribution in [1.82, 2.24) is 4.90 Å². The third-order valence-electron chi connectivity index (χ3n) is 7.66. The lowest BCUT2D eigenvalue weighted by Crippen LogP contribution is -2.45. The standard InChI is InChI=1S/C24H40N2O4/c1-16(2)13-19(25-15-27)21(28)26-12-8-9-20(26)22(29)30-17(3)14-18-10-11-23(4,5)24(18,6)7/h15-18,20H,8-14H2,1-7H3/b25-19+. The lowest BCUT2D eigenvalue weighted by molar-refractivity contribution is -0.157. The molecule has 2 aliphatic rings. The molecule has 0 bridgehead atoms. The highest BCUT2D eigenvalue weighted by Gasteiger charge is 2.48. The van der Waals surface area contributed by atoms with Gasteiger partial charge in [-0.2, -0.15) is 0 Å². The molecule has 1 heterocycles. The number of ether oxygens (including phenoxy) is 1. The summed E-state index contributed by atoms with van der Waals surface area (Å²) in [6.07, 6.45) is 5.15. The van der Waals surface area contributed by atoms with Crippen LogP contribution in [0.15, 0.2) is 4.99 Å². The number of hydrogen-bond donors (Lipinski definition) is 0. The van der Waals surface area contributed by atoms with Crippen LogP contribution in [0.4, 0.5) is 0 Å². The highest BCUT2D eigenvalue weighted by atomic mass is 16.5. The summed E-state index contributed by atoms with van der Waals surface area (Å²) < 4.78 is 5.82. The Morgan fingerprint density at radius 3 is 2.37 bits per heavy atom. The van der Waals surface area contributed by atoms with E-state index in [0.29, 0.717) is 31.7 Å². The van der Waals surface area contributed by atoms with E-state index in [2.05, 4.69) is 32.7 Å². The van der Waals surface area contributed by atoms with Crippen molar-refractivity contribution in [2.75, 3.05) is 6.54 Å². The maximum Gasteiger partial charge on any atom is 0.329 e. The number of carbonyl (C=O) groups excluding carboxylic acids is 3. The number of aliphatic imine (C=N–C) groups is 1. The van der Waals surface area contributed by atoms with Crippen LogP contribution in [-0.4, -0.2) is 47.6 Å². The first kappa shape index (κ1) is 24.5. The molecule has 0 aromatic heterocycles. The molecular weight excluding hydrogens is 380 g/mol. The summed E-state index contributed by atoms with van der Waals surface area (Å²) >= 11 is 0. The molecule has 1 aliphatic carbocycles. The fourth-order valence-corrected chi connectivity index (χ4v) is 4.97. The maximum atomic E-state index is 12.9. The van der Waals surface area contributed by atoms with Gasteiger partial charge < -0.3 is 9.64 Å². The molecular formula is C24H40N2O4. The summed E-state index contributed by atoms with van der Waals surface area (Å²) in [5.74, 6) is 0.0497. The normalized spacial score (nSPS) is 26.7. The summed E-state index contributed by atoms with van der Waals surface area (Å²) in [6.45, 7) is 15.7. The summed E-state index contributed by atoms with van der Waals surface area (Å²) in [5.41, 5.74) is 0.698. The van der Waals surface area contributed by atoms with Crippen molar-refractivity contribution in [2.45, 2.75) is 99.1 Å². The van der Waals surface area contributed by atoms with E-state index in [1.165, 1.54) is 6.42 Å². The van der Waals surface area contributed by atoms with Gasteiger partial charge in [0.2, 0.25) is 6.41 Å². The Kier molecular flexibility index (Phi) is 7.86. The van der Waals surface area contributed by atoms with E-state index in [0.717, 1.165) is 19.3 Å². The van der Waals surface area contributed by atoms with Crippen LogP contribution in [-0.2, 0) is 19.1 Å². The average Bonchev–Trinajstić information content (AvgIpc) is 3.19. The molecule has 6 nitrogen and oxygen atoms in total. The second-order valence-electron chi connectivity index (χ2n) is 10.8. The minimum absolute atomic E-state index is 0.188. The third-order valence-corrected chi connectivity index (χ3v) is 7.66. The van der Waals surface area contributed by atoms with E-state index >= 15 is 0 Å². The molecule has 0 radical (unpaired) electrons. The van der Waals surface area contributed by atoms with E-state index in [9.17, 15) is 14.4 Å². The highest BCUT2D eigenvalue weighted by Crippen LogP contribution is 2.57. The quantitative estimate of drug-likeness (QED) is 0.331. The van der Waals surface area contributed by atoms with Gasteiger partial charge in [-0.25, -0.2) is 9.79 Å². The number of likely N-dealkylation sites (tertiary alicyclic amines) is 1. The Morgan fingerprint density at radius 1 is 1.17 bits per heavy atom. The number of esters is 1. The second kappa shape index (κ2) is 9.61. The van der Waals surface area contributed by atoms with Crippen molar-refractivity contribution in [3.8, 4) is 0 Å². The number of rotatable bonds is 8. The molecule has 2 fully saturated rings. The zero-order chi connectivity index (χ0) is 22.7. The fraction of sp³-hybridized carbons (Fsp3) is 0.833. The summed E-state index contributed by atoms with van der Waals surface area (Å²) in [6, 6.07) is -0.586.